The normalized spacial score (nSPS) is 19.5. The average molecular weight is 431 g/mol. The van der Waals surface area contributed by atoms with Crippen molar-refractivity contribution in [2.24, 2.45) is 0 Å². The van der Waals surface area contributed by atoms with Crippen LogP contribution in [0.2, 0.25) is 0 Å². The van der Waals surface area contributed by atoms with Gasteiger partial charge >= 0.3 is 0 Å². The monoisotopic (exact) mass is 430 g/mol. The molecule has 4 aromatic heterocycles. The van der Waals surface area contributed by atoms with Crippen LogP contribution >= 0.6 is 0 Å². The molecular weight excluding hydrogens is 404 g/mol. The largest absolute Gasteiger partial charge is 0.378 e. The molecule has 0 spiro atoms. The van der Waals surface area contributed by atoms with E-state index in [1.54, 1.807) is 12.4 Å². The fourth-order valence-corrected chi connectivity index (χ4v) is 4.53. The van der Waals surface area contributed by atoms with Crippen LogP contribution in [0, 0.1) is 0 Å². The number of nitrogens with zero attached hydrogens (tertiary/aromatic N) is 7. The third-order valence-electron chi connectivity index (χ3n) is 6.27. The Morgan fingerprint density at radius 1 is 1.03 bits per heavy atom. The first kappa shape index (κ1) is 19.4. The highest BCUT2D eigenvalue weighted by Gasteiger charge is 2.21. The van der Waals surface area contributed by atoms with Crippen molar-refractivity contribution in [3.63, 3.8) is 0 Å². The van der Waals surface area contributed by atoms with Crippen molar-refractivity contribution in [1.82, 2.24) is 34.7 Å². The van der Waals surface area contributed by atoms with Gasteiger partial charge in [-0.3, -0.25) is 4.98 Å². The SMILES string of the molecule is c1cc(-c2cc3nc(-n4ccc([C@@H]5CCCNC5)n4)cc(N4CCOCC4)n3n2)ccn1. The Labute approximate surface area is 186 Å². The summed E-state index contributed by atoms with van der Waals surface area (Å²) in [4.78, 5) is 11.3. The van der Waals surface area contributed by atoms with Crippen molar-refractivity contribution >= 4 is 11.5 Å². The van der Waals surface area contributed by atoms with Crippen LogP contribution in [-0.4, -0.2) is 68.8 Å². The van der Waals surface area contributed by atoms with E-state index in [9.17, 15) is 0 Å². The summed E-state index contributed by atoms with van der Waals surface area (Å²) in [6.45, 7) is 5.14. The molecule has 2 saturated heterocycles. The molecule has 2 fully saturated rings. The highest BCUT2D eigenvalue weighted by atomic mass is 16.5. The number of anilines is 1. The minimum atomic E-state index is 0.459. The lowest BCUT2D eigenvalue weighted by Gasteiger charge is -2.29. The molecule has 0 unspecified atom stereocenters. The molecule has 6 rings (SSSR count). The van der Waals surface area contributed by atoms with Crippen molar-refractivity contribution in [3.8, 4) is 17.1 Å². The molecule has 9 nitrogen and oxygen atoms in total. The van der Waals surface area contributed by atoms with E-state index in [-0.39, 0.29) is 0 Å². The van der Waals surface area contributed by atoms with E-state index in [0.29, 0.717) is 19.1 Å². The van der Waals surface area contributed by atoms with Crippen LogP contribution in [0.15, 0.2) is 48.9 Å². The first-order chi connectivity index (χ1) is 15.8. The lowest BCUT2D eigenvalue weighted by Crippen LogP contribution is -2.37. The Morgan fingerprint density at radius 3 is 2.72 bits per heavy atom. The summed E-state index contributed by atoms with van der Waals surface area (Å²) in [5.74, 6) is 2.26. The lowest BCUT2D eigenvalue weighted by atomic mass is 9.97. The highest BCUT2D eigenvalue weighted by molar-refractivity contribution is 5.66. The van der Waals surface area contributed by atoms with Crippen molar-refractivity contribution < 1.29 is 4.74 Å². The summed E-state index contributed by atoms with van der Waals surface area (Å²) in [5, 5.41) is 13.3. The second kappa shape index (κ2) is 8.33. The summed E-state index contributed by atoms with van der Waals surface area (Å²) >= 11 is 0. The second-order valence-electron chi connectivity index (χ2n) is 8.34. The molecule has 1 N–H and O–H groups in total. The van der Waals surface area contributed by atoms with Crippen LogP contribution in [0.25, 0.3) is 22.7 Å². The summed E-state index contributed by atoms with van der Waals surface area (Å²) < 4.78 is 9.40. The standard InChI is InChI=1S/C23H26N8O/c1-2-18(16-25-6-1)19-5-9-30(27-19)21-15-23(29-10-12-32-13-11-29)31-22(26-21)14-20(28-31)17-3-7-24-8-4-17/h3-5,7-9,14-15,18,25H,1-2,6,10-13,16H2/t18-/m1/s1. The Hall–Kier alpha value is -3.30. The van der Waals surface area contributed by atoms with Crippen LogP contribution in [0.5, 0.6) is 0 Å². The summed E-state index contributed by atoms with van der Waals surface area (Å²) in [6.07, 6.45) is 7.95. The second-order valence-corrected chi connectivity index (χ2v) is 8.34. The molecule has 9 heteroatoms. The molecule has 0 amide bonds. The lowest BCUT2D eigenvalue weighted by molar-refractivity contribution is 0.122. The number of pyridine rings is 1. The van der Waals surface area contributed by atoms with Crippen LogP contribution < -0.4 is 10.2 Å². The van der Waals surface area contributed by atoms with Crippen LogP contribution in [0.1, 0.15) is 24.5 Å². The van der Waals surface area contributed by atoms with Gasteiger partial charge in [-0.05, 0) is 37.6 Å². The van der Waals surface area contributed by atoms with Crippen molar-refractivity contribution in [1.29, 1.82) is 0 Å². The zero-order chi connectivity index (χ0) is 21.3. The number of hydrogen-bond acceptors (Lipinski definition) is 7. The highest BCUT2D eigenvalue weighted by Crippen LogP contribution is 2.26. The summed E-state index contributed by atoms with van der Waals surface area (Å²) in [5.41, 5.74) is 3.82. The molecular formula is C23H26N8O. The fourth-order valence-electron chi connectivity index (χ4n) is 4.53. The third kappa shape index (κ3) is 3.63. The number of rotatable bonds is 4. The third-order valence-corrected chi connectivity index (χ3v) is 6.27. The number of aromatic nitrogens is 6. The van der Waals surface area contributed by atoms with Crippen molar-refractivity contribution in [3.05, 3.63) is 54.6 Å². The van der Waals surface area contributed by atoms with E-state index in [1.807, 2.05) is 33.6 Å². The molecule has 1 atom stereocenters. The van der Waals surface area contributed by atoms with Crippen LogP contribution in [0.4, 0.5) is 5.82 Å². The molecule has 2 aliphatic rings. The van der Waals surface area contributed by atoms with Gasteiger partial charge in [-0.15, -0.1) is 0 Å². The summed E-state index contributed by atoms with van der Waals surface area (Å²) in [7, 11) is 0. The quantitative estimate of drug-likeness (QED) is 0.532. The number of ether oxygens (including phenoxy) is 1. The van der Waals surface area contributed by atoms with Gasteiger partial charge in [0, 0.05) is 61.8 Å². The summed E-state index contributed by atoms with van der Waals surface area (Å²) in [6, 6.07) is 10.2. The van der Waals surface area contributed by atoms with Gasteiger partial charge in [0.05, 0.1) is 24.6 Å². The maximum Gasteiger partial charge on any atom is 0.160 e. The van der Waals surface area contributed by atoms with E-state index in [2.05, 4.69) is 27.3 Å². The van der Waals surface area contributed by atoms with Gasteiger partial charge in [-0.25, -0.2) is 9.67 Å². The minimum absolute atomic E-state index is 0.459. The predicted molar refractivity (Wildman–Crippen MR) is 121 cm³/mol. The fraction of sp³-hybridized carbons (Fsp3) is 0.391. The zero-order valence-electron chi connectivity index (χ0n) is 17.9. The van der Waals surface area contributed by atoms with E-state index in [1.165, 1.54) is 12.8 Å². The van der Waals surface area contributed by atoms with E-state index in [4.69, 9.17) is 19.9 Å². The van der Waals surface area contributed by atoms with E-state index in [0.717, 1.165) is 60.4 Å². The minimum Gasteiger partial charge on any atom is -0.378 e. The average Bonchev–Trinajstić information content (AvgIpc) is 3.53. The number of nitrogens with one attached hydrogen (secondary N) is 1. The predicted octanol–water partition coefficient (Wildman–Crippen LogP) is 2.28. The number of fused-ring (bicyclic) bond motifs is 1. The Bertz CT molecular complexity index is 1210. The Balaban J connectivity index is 1.43. The first-order valence-electron chi connectivity index (χ1n) is 11.3. The van der Waals surface area contributed by atoms with Crippen LogP contribution in [0.3, 0.4) is 0 Å². The molecule has 164 valence electrons. The Morgan fingerprint density at radius 2 is 1.91 bits per heavy atom. The molecule has 32 heavy (non-hydrogen) atoms. The van der Waals surface area contributed by atoms with Gasteiger partial charge in [0.15, 0.2) is 11.5 Å². The van der Waals surface area contributed by atoms with Gasteiger partial charge in [0.25, 0.3) is 0 Å². The zero-order valence-corrected chi connectivity index (χ0v) is 17.9. The topological polar surface area (TPSA) is 85.4 Å². The van der Waals surface area contributed by atoms with Crippen LogP contribution in [-0.2, 0) is 4.74 Å². The van der Waals surface area contributed by atoms with E-state index >= 15 is 0 Å². The van der Waals surface area contributed by atoms with Gasteiger partial charge < -0.3 is 15.0 Å². The molecule has 6 heterocycles. The van der Waals surface area contributed by atoms with Gasteiger partial charge in [0.1, 0.15) is 5.82 Å². The maximum atomic E-state index is 5.58. The molecule has 0 radical (unpaired) electrons. The molecule has 4 aromatic rings. The molecule has 0 saturated carbocycles. The van der Waals surface area contributed by atoms with Crippen molar-refractivity contribution in [2.75, 3.05) is 44.3 Å². The van der Waals surface area contributed by atoms with E-state index < -0.39 is 0 Å². The maximum absolute atomic E-state index is 5.58. The number of piperidine rings is 1. The van der Waals surface area contributed by atoms with Gasteiger partial charge in [-0.2, -0.15) is 14.7 Å². The Kier molecular flexibility index (Phi) is 5.05. The van der Waals surface area contributed by atoms with Gasteiger partial charge in [-0.1, -0.05) is 0 Å². The van der Waals surface area contributed by atoms with Crippen molar-refractivity contribution in [2.45, 2.75) is 18.8 Å². The number of hydrogen-bond donors (Lipinski definition) is 1. The molecule has 2 aliphatic heterocycles. The first-order valence-corrected chi connectivity index (χ1v) is 11.3. The molecule has 0 bridgehead atoms. The number of morpholine rings is 1. The smallest absolute Gasteiger partial charge is 0.160 e. The van der Waals surface area contributed by atoms with Gasteiger partial charge in [0.2, 0.25) is 0 Å². The molecule has 0 aliphatic carbocycles. The molecule has 0 aromatic carbocycles.